The average Bonchev–Trinajstić information content (AvgIpc) is 3.17. The Morgan fingerprint density at radius 3 is 2.69 bits per heavy atom. The molecule has 0 aromatic heterocycles. The molecule has 29 heavy (non-hydrogen) atoms. The van der Waals surface area contributed by atoms with Gasteiger partial charge in [-0.2, -0.15) is 0 Å². The van der Waals surface area contributed by atoms with Crippen molar-refractivity contribution in [2.75, 3.05) is 16.8 Å². The maximum Gasteiger partial charge on any atom is 0.244 e. The van der Waals surface area contributed by atoms with E-state index in [1.54, 1.807) is 18.2 Å². The first-order valence-electron chi connectivity index (χ1n) is 9.37. The zero-order valence-electron chi connectivity index (χ0n) is 15.9. The van der Waals surface area contributed by atoms with Gasteiger partial charge in [0.05, 0.1) is 11.4 Å². The normalized spacial score (nSPS) is 14.3. The van der Waals surface area contributed by atoms with Crippen LogP contribution in [0.2, 0.25) is 0 Å². The lowest BCUT2D eigenvalue weighted by atomic mass is 10.1. The number of amides is 3. The van der Waals surface area contributed by atoms with E-state index in [1.165, 1.54) is 16.0 Å². The monoisotopic (exact) mass is 414 g/mol. The zero-order valence-corrected chi connectivity index (χ0v) is 16.7. The van der Waals surface area contributed by atoms with Crippen LogP contribution in [0.15, 0.2) is 42.5 Å². The Balaban J connectivity index is 0.00000240. The second kappa shape index (κ2) is 9.07. The first-order chi connectivity index (χ1) is 13.6. The van der Waals surface area contributed by atoms with E-state index in [9.17, 15) is 14.4 Å². The number of halogens is 1. The second-order valence-electron chi connectivity index (χ2n) is 7.03. The van der Waals surface area contributed by atoms with Crippen molar-refractivity contribution < 1.29 is 14.4 Å². The van der Waals surface area contributed by atoms with Gasteiger partial charge in [0.2, 0.25) is 17.7 Å². The molecule has 2 aliphatic heterocycles. The molecule has 152 valence electrons. The molecule has 0 saturated carbocycles. The van der Waals surface area contributed by atoms with Crippen LogP contribution in [-0.2, 0) is 34.0 Å². The predicted octanol–water partition coefficient (Wildman–Crippen LogP) is 2.09. The van der Waals surface area contributed by atoms with E-state index in [-0.39, 0.29) is 49.5 Å². The van der Waals surface area contributed by atoms with Crippen LogP contribution in [0, 0.1) is 0 Å². The van der Waals surface area contributed by atoms with Gasteiger partial charge in [0.25, 0.3) is 0 Å². The Hall–Kier alpha value is -2.90. The highest BCUT2D eigenvalue weighted by atomic mass is 35.5. The lowest BCUT2D eigenvalue weighted by Crippen LogP contribution is -2.42. The maximum atomic E-state index is 12.6. The van der Waals surface area contributed by atoms with Crippen molar-refractivity contribution in [2.45, 2.75) is 32.5 Å². The third kappa shape index (κ3) is 4.75. The standard InChI is InChI=1S/C21H22N4O3.ClH/c26-19(23-10-14-5-6-15-11-22-12-16(15)9-14)7-8-21(28)25-13-20(27)24-17-3-1-2-4-18(17)25;/h1-6,9,22H,7-8,10-13H2,(H,23,26)(H,24,27);1H. The highest BCUT2D eigenvalue weighted by Crippen LogP contribution is 2.29. The minimum Gasteiger partial charge on any atom is -0.352 e. The minimum absolute atomic E-state index is 0. The minimum atomic E-state index is -0.235. The number of fused-ring (bicyclic) bond motifs is 2. The summed E-state index contributed by atoms with van der Waals surface area (Å²) in [5, 5.41) is 8.91. The van der Waals surface area contributed by atoms with Crippen molar-refractivity contribution in [3.8, 4) is 0 Å². The summed E-state index contributed by atoms with van der Waals surface area (Å²) in [6, 6.07) is 13.4. The number of nitrogens with zero attached hydrogens (tertiary/aromatic N) is 1. The summed E-state index contributed by atoms with van der Waals surface area (Å²) in [7, 11) is 0. The van der Waals surface area contributed by atoms with E-state index in [4.69, 9.17) is 0 Å². The molecule has 2 aliphatic rings. The molecular weight excluding hydrogens is 392 g/mol. The van der Waals surface area contributed by atoms with Crippen molar-refractivity contribution in [3.05, 3.63) is 59.2 Å². The van der Waals surface area contributed by atoms with E-state index >= 15 is 0 Å². The molecule has 0 atom stereocenters. The van der Waals surface area contributed by atoms with Crippen molar-refractivity contribution in [3.63, 3.8) is 0 Å². The van der Waals surface area contributed by atoms with Gasteiger partial charge in [0.1, 0.15) is 6.54 Å². The van der Waals surface area contributed by atoms with Gasteiger partial charge in [0, 0.05) is 32.5 Å². The van der Waals surface area contributed by atoms with Crippen LogP contribution in [0.25, 0.3) is 0 Å². The molecule has 2 heterocycles. The predicted molar refractivity (Wildman–Crippen MR) is 113 cm³/mol. The molecule has 4 rings (SSSR count). The Morgan fingerprint density at radius 2 is 1.83 bits per heavy atom. The first kappa shape index (κ1) is 20.8. The van der Waals surface area contributed by atoms with Gasteiger partial charge in [-0.15, -0.1) is 12.4 Å². The number of nitrogens with one attached hydrogen (secondary N) is 3. The van der Waals surface area contributed by atoms with E-state index in [0.717, 1.165) is 18.7 Å². The summed E-state index contributed by atoms with van der Waals surface area (Å²) in [6.45, 7) is 2.16. The van der Waals surface area contributed by atoms with Gasteiger partial charge in [-0.1, -0.05) is 30.3 Å². The van der Waals surface area contributed by atoms with Crippen molar-refractivity contribution in [2.24, 2.45) is 0 Å². The van der Waals surface area contributed by atoms with E-state index in [2.05, 4.69) is 28.1 Å². The molecule has 3 amide bonds. The Kier molecular flexibility index (Phi) is 6.51. The summed E-state index contributed by atoms with van der Waals surface area (Å²) in [6.07, 6.45) is 0.146. The maximum absolute atomic E-state index is 12.6. The van der Waals surface area contributed by atoms with E-state index in [1.807, 2.05) is 12.1 Å². The lowest BCUT2D eigenvalue weighted by Gasteiger charge is -2.29. The molecule has 0 saturated heterocycles. The number of carbonyl (C=O) groups is 3. The van der Waals surface area contributed by atoms with Crippen LogP contribution in [0.5, 0.6) is 0 Å². The SMILES string of the molecule is Cl.O=C(CCC(=O)N1CC(=O)Nc2ccccc21)NCc1ccc2c(c1)CNC2. The fraction of sp³-hybridized carbons (Fsp3) is 0.286. The van der Waals surface area contributed by atoms with Gasteiger partial charge in [-0.3, -0.25) is 14.4 Å². The molecule has 2 aromatic carbocycles. The topological polar surface area (TPSA) is 90.5 Å². The van der Waals surface area contributed by atoms with Crippen LogP contribution in [0.4, 0.5) is 11.4 Å². The molecule has 0 fully saturated rings. The summed E-state index contributed by atoms with van der Waals surface area (Å²) in [4.78, 5) is 38.0. The summed E-state index contributed by atoms with van der Waals surface area (Å²) >= 11 is 0. The first-order valence-corrected chi connectivity index (χ1v) is 9.37. The zero-order chi connectivity index (χ0) is 19.5. The number of para-hydroxylation sites is 2. The van der Waals surface area contributed by atoms with Gasteiger partial charge in [-0.25, -0.2) is 0 Å². The number of anilines is 2. The Morgan fingerprint density at radius 1 is 1.03 bits per heavy atom. The largest absolute Gasteiger partial charge is 0.352 e. The molecule has 0 radical (unpaired) electrons. The summed E-state index contributed by atoms with van der Waals surface area (Å²) in [5.41, 5.74) is 4.89. The third-order valence-electron chi connectivity index (χ3n) is 5.03. The second-order valence-corrected chi connectivity index (χ2v) is 7.03. The average molecular weight is 415 g/mol. The van der Waals surface area contributed by atoms with Crippen LogP contribution in [0.3, 0.4) is 0 Å². The van der Waals surface area contributed by atoms with Crippen LogP contribution in [-0.4, -0.2) is 24.3 Å². The molecule has 2 aromatic rings. The number of benzene rings is 2. The lowest BCUT2D eigenvalue weighted by molar-refractivity contribution is -0.125. The Labute approximate surface area is 175 Å². The highest BCUT2D eigenvalue weighted by molar-refractivity contribution is 6.10. The van der Waals surface area contributed by atoms with Gasteiger partial charge in [0.15, 0.2) is 0 Å². The van der Waals surface area contributed by atoms with E-state index in [0.29, 0.717) is 17.9 Å². The Bertz CT molecular complexity index is 947. The van der Waals surface area contributed by atoms with Crippen LogP contribution >= 0.6 is 12.4 Å². The molecular formula is C21H23ClN4O3. The molecule has 0 unspecified atom stereocenters. The van der Waals surface area contributed by atoms with Gasteiger partial charge >= 0.3 is 0 Å². The molecule has 0 bridgehead atoms. The fourth-order valence-corrected chi connectivity index (χ4v) is 3.56. The molecule has 0 aliphatic carbocycles. The van der Waals surface area contributed by atoms with Crippen LogP contribution < -0.4 is 20.9 Å². The van der Waals surface area contributed by atoms with Gasteiger partial charge in [-0.05, 0) is 28.8 Å². The summed E-state index contributed by atoms with van der Waals surface area (Å²) < 4.78 is 0. The van der Waals surface area contributed by atoms with Crippen molar-refractivity contribution in [1.29, 1.82) is 0 Å². The highest BCUT2D eigenvalue weighted by Gasteiger charge is 2.26. The molecule has 7 nitrogen and oxygen atoms in total. The molecule has 0 spiro atoms. The van der Waals surface area contributed by atoms with Crippen molar-refractivity contribution >= 4 is 41.5 Å². The molecule has 3 N–H and O–H groups in total. The fourth-order valence-electron chi connectivity index (χ4n) is 3.56. The number of hydrogen-bond acceptors (Lipinski definition) is 4. The summed E-state index contributed by atoms with van der Waals surface area (Å²) in [5.74, 6) is -0.648. The van der Waals surface area contributed by atoms with Gasteiger partial charge < -0.3 is 20.9 Å². The van der Waals surface area contributed by atoms with E-state index < -0.39 is 0 Å². The van der Waals surface area contributed by atoms with Crippen LogP contribution in [0.1, 0.15) is 29.5 Å². The third-order valence-corrected chi connectivity index (χ3v) is 5.03. The number of hydrogen-bond donors (Lipinski definition) is 3. The quantitative estimate of drug-likeness (QED) is 0.698. The van der Waals surface area contributed by atoms with Crippen molar-refractivity contribution in [1.82, 2.24) is 10.6 Å². The number of rotatable bonds is 5. The number of carbonyl (C=O) groups excluding carboxylic acids is 3. The smallest absolute Gasteiger partial charge is 0.244 e. The molecule has 8 heteroatoms.